The lowest BCUT2D eigenvalue weighted by molar-refractivity contribution is -0.136. The number of carbonyl (C=O) groups is 1. The number of nitrogens with zero attached hydrogens (tertiary/aromatic N) is 1. The lowest BCUT2D eigenvalue weighted by Crippen LogP contribution is -2.49. The summed E-state index contributed by atoms with van der Waals surface area (Å²) in [6, 6.07) is 2.14. The van der Waals surface area contributed by atoms with Gasteiger partial charge in [-0.2, -0.15) is 11.3 Å². The molecule has 4 heteroatoms. The van der Waals surface area contributed by atoms with Crippen molar-refractivity contribution >= 4 is 17.2 Å². The third kappa shape index (κ3) is 2.76. The molecule has 3 rings (SSSR count). The van der Waals surface area contributed by atoms with Crippen molar-refractivity contribution in [3.05, 3.63) is 22.4 Å². The number of unbranched alkanes of at least 4 members (excludes halogenated alkanes) is 1. The van der Waals surface area contributed by atoms with Crippen molar-refractivity contribution in [2.45, 2.75) is 70.6 Å². The zero-order valence-corrected chi connectivity index (χ0v) is 14.1. The minimum Gasteiger partial charge on any atom is -0.316 e. The number of thiophene rings is 1. The number of amides is 1. The van der Waals surface area contributed by atoms with Gasteiger partial charge in [0.1, 0.15) is 6.17 Å². The van der Waals surface area contributed by atoms with E-state index in [9.17, 15) is 4.79 Å². The molecular weight excluding hydrogens is 280 g/mol. The molecule has 1 aliphatic heterocycles. The fraction of sp³-hybridized carbons (Fsp3) is 0.706. The number of carbonyl (C=O) groups excluding carboxylic acids is 1. The fourth-order valence-corrected chi connectivity index (χ4v) is 4.20. The van der Waals surface area contributed by atoms with E-state index in [1.165, 1.54) is 18.4 Å². The smallest absolute Gasteiger partial charge is 0.241 e. The van der Waals surface area contributed by atoms with Crippen LogP contribution < -0.4 is 5.32 Å². The number of hydrogen-bond donors (Lipinski definition) is 1. The van der Waals surface area contributed by atoms with Crippen LogP contribution in [0.25, 0.3) is 0 Å². The quantitative estimate of drug-likeness (QED) is 0.864. The van der Waals surface area contributed by atoms with Crippen molar-refractivity contribution in [2.75, 3.05) is 0 Å². The van der Waals surface area contributed by atoms with Gasteiger partial charge in [-0.15, -0.1) is 0 Å². The number of hydrogen-bond acceptors (Lipinski definition) is 3. The SMILES string of the molecule is CCCCC1NC(c2ccsc2)N(C(C)(C)C2CC2)C1=O. The normalized spacial score (nSPS) is 26.6. The van der Waals surface area contributed by atoms with Crippen LogP contribution in [0.5, 0.6) is 0 Å². The predicted molar refractivity (Wildman–Crippen MR) is 87.2 cm³/mol. The van der Waals surface area contributed by atoms with E-state index in [0.29, 0.717) is 11.8 Å². The first-order valence-corrected chi connectivity index (χ1v) is 9.11. The second kappa shape index (κ2) is 5.73. The van der Waals surface area contributed by atoms with Crippen LogP contribution in [0.1, 0.15) is 64.6 Å². The second-order valence-corrected chi connectivity index (χ2v) is 7.74. The molecule has 0 spiro atoms. The van der Waals surface area contributed by atoms with Crippen LogP contribution >= 0.6 is 11.3 Å². The Morgan fingerprint density at radius 3 is 2.76 bits per heavy atom. The van der Waals surface area contributed by atoms with Crippen LogP contribution in [-0.2, 0) is 4.79 Å². The van der Waals surface area contributed by atoms with E-state index in [4.69, 9.17) is 0 Å². The van der Waals surface area contributed by atoms with E-state index >= 15 is 0 Å². The third-order valence-electron chi connectivity index (χ3n) is 5.06. The predicted octanol–water partition coefficient (Wildman–Crippen LogP) is 3.93. The highest BCUT2D eigenvalue weighted by Gasteiger charge is 2.51. The van der Waals surface area contributed by atoms with Gasteiger partial charge >= 0.3 is 0 Å². The molecule has 1 saturated heterocycles. The van der Waals surface area contributed by atoms with Crippen molar-refractivity contribution in [1.82, 2.24) is 10.2 Å². The maximum absolute atomic E-state index is 13.0. The topological polar surface area (TPSA) is 32.3 Å². The highest BCUT2D eigenvalue weighted by atomic mass is 32.1. The molecule has 0 radical (unpaired) electrons. The van der Waals surface area contributed by atoms with Gasteiger partial charge in [-0.1, -0.05) is 19.8 Å². The van der Waals surface area contributed by atoms with Gasteiger partial charge in [0.05, 0.1) is 6.04 Å². The van der Waals surface area contributed by atoms with Crippen LogP contribution in [0.3, 0.4) is 0 Å². The average molecular weight is 306 g/mol. The second-order valence-electron chi connectivity index (χ2n) is 6.96. The monoisotopic (exact) mass is 306 g/mol. The molecule has 2 fully saturated rings. The van der Waals surface area contributed by atoms with E-state index in [-0.39, 0.29) is 17.7 Å². The fourth-order valence-electron chi connectivity index (χ4n) is 3.53. The van der Waals surface area contributed by atoms with Crippen LogP contribution in [0.2, 0.25) is 0 Å². The lowest BCUT2D eigenvalue weighted by Gasteiger charge is -2.39. The maximum atomic E-state index is 13.0. The standard InChI is InChI=1S/C17H26N2OS/c1-4-5-6-14-16(20)19(17(2,3)13-7-8-13)15(18-14)12-9-10-21-11-12/h9-11,13-15,18H,4-8H2,1-3H3. The van der Waals surface area contributed by atoms with Gasteiger partial charge in [-0.3, -0.25) is 10.1 Å². The summed E-state index contributed by atoms with van der Waals surface area (Å²) in [6.07, 6.45) is 5.77. The van der Waals surface area contributed by atoms with Crippen molar-refractivity contribution in [3.63, 3.8) is 0 Å². The summed E-state index contributed by atoms with van der Waals surface area (Å²) < 4.78 is 0. The van der Waals surface area contributed by atoms with E-state index in [2.05, 4.69) is 47.8 Å². The van der Waals surface area contributed by atoms with Crippen molar-refractivity contribution in [3.8, 4) is 0 Å². The Morgan fingerprint density at radius 2 is 2.19 bits per heavy atom. The molecule has 1 amide bonds. The molecule has 1 aromatic heterocycles. The highest BCUT2D eigenvalue weighted by molar-refractivity contribution is 7.07. The summed E-state index contributed by atoms with van der Waals surface area (Å²) in [6.45, 7) is 6.67. The van der Waals surface area contributed by atoms with Crippen LogP contribution in [0.4, 0.5) is 0 Å². The Hall–Kier alpha value is -0.870. The summed E-state index contributed by atoms with van der Waals surface area (Å²) in [5.74, 6) is 0.964. The van der Waals surface area contributed by atoms with Gasteiger partial charge in [0.25, 0.3) is 0 Å². The molecule has 21 heavy (non-hydrogen) atoms. The summed E-state index contributed by atoms with van der Waals surface area (Å²) in [5, 5.41) is 7.87. The Kier molecular flexibility index (Phi) is 4.10. The minimum atomic E-state index is -0.0440. The van der Waals surface area contributed by atoms with Crippen molar-refractivity contribution in [2.24, 2.45) is 5.92 Å². The molecule has 116 valence electrons. The third-order valence-corrected chi connectivity index (χ3v) is 5.76. The Balaban J connectivity index is 1.87. The van der Waals surface area contributed by atoms with Gasteiger partial charge in [0.15, 0.2) is 0 Å². The first kappa shape index (κ1) is 15.0. The van der Waals surface area contributed by atoms with Crippen LogP contribution in [0, 0.1) is 5.92 Å². The van der Waals surface area contributed by atoms with E-state index in [0.717, 1.165) is 19.3 Å². The molecular formula is C17H26N2OS. The Morgan fingerprint density at radius 1 is 1.43 bits per heavy atom. The molecule has 0 aromatic carbocycles. The van der Waals surface area contributed by atoms with Crippen LogP contribution in [0.15, 0.2) is 16.8 Å². The molecule has 2 aliphatic rings. The first-order chi connectivity index (χ1) is 10.1. The average Bonchev–Trinajstić information content (AvgIpc) is 3.08. The number of nitrogens with one attached hydrogen (secondary N) is 1. The summed E-state index contributed by atoms with van der Waals surface area (Å²) in [7, 11) is 0. The number of rotatable bonds is 6. The summed E-state index contributed by atoms with van der Waals surface area (Å²) in [5.41, 5.74) is 1.19. The van der Waals surface area contributed by atoms with E-state index < -0.39 is 0 Å². The van der Waals surface area contributed by atoms with Crippen LogP contribution in [-0.4, -0.2) is 22.4 Å². The van der Waals surface area contributed by atoms with Gasteiger partial charge in [-0.25, -0.2) is 0 Å². The van der Waals surface area contributed by atoms with Gasteiger partial charge in [0.2, 0.25) is 5.91 Å². The van der Waals surface area contributed by atoms with E-state index in [1.807, 2.05) is 0 Å². The molecule has 0 bridgehead atoms. The molecule has 2 unspecified atom stereocenters. The van der Waals surface area contributed by atoms with Crippen molar-refractivity contribution in [1.29, 1.82) is 0 Å². The van der Waals surface area contributed by atoms with E-state index in [1.54, 1.807) is 11.3 Å². The first-order valence-electron chi connectivity index (χ1n) is 8.17. The largest absolute Gasteiger partial charge is 0.316 e. The summed E-state index contributed by atoms with van der Waals surface area (Å²) in [4.78, 5) is 15.1. The zero-order valence-electron chi connectivity index (χ0n) is 13.3. The zero-order chi connectivity index (χ0) is 15.0. The lowest BCUT2D eigenvalue weighted by atomic mass is 9.94. The van der Waals surface area contributed by atoms with Gasteiger partial charge in [0, 0.05) is 5.54 Å². The van der Waals surface area contributed by atoms with Gasteiger partial charge < -0.3 is 4.90 Å². The Bertz CT molecular complexity index is 493. The molecule has 1 N–H and O–H groups in total. The van der Waals surface area contributed by atoms with Gasteiger partial charge in [-0.05, 0) is 61.4 Å². The minimum absolute atomic E-state index is 0.00660. The summed E-state index contributed by atoms with van der Waals surface area (Å²) >= 11 is 1.71. The Labute approximate surface area is 131 Å². The molecule has 1 saturated carbocycles. The highest BCUT2D eigenvalue weighted by Crippen LogP contribution is 2.47. The molecule has 1 aliphatic carbocycles. The molecule has 2 atom stereocenters. The molecule has 1 aromatic rings. The maximum Gasteiger partial charge on any atom is 0.241 e. The molecule has 2 heterocycles. The van der Waals surface area contributed by atoms with Crippen molar-refractivity contribution < 1.29 is 4.79 Å². The molecule has 3 nitrogen and oxygen atoms in total.